The van der Waals surface area contributed by atoms with Gasteiger partial charge in [-0.25, -0.2) is 4.39 Å². The Kier molecular flexibility index (Phi) is 4.91. The lowest BCUT2D eigenvalue weighted by Crippen LogP contribution is -2.37. The van der Waals surface area contributed by atoms with E-state index in [1.807, 2.05) is 0 Å². The molecule has 1 saturated heterocycles. The first-order valence-electron chi connectivity index (χ1n) is 6.51. The number of hydrogen-bond acceptors (Lipinski definition) is 4. The lowest BCUT2D eigenvalue weighted by molar-refractivity contribution is -0.133. The molecule has 1 aliphatic rings. The third kappa shape index (κ3) is 3.68. The number of benzene rings is 1. The van der Waals surface area contributed by atoms with Gasteiger partial charge in [-0.05, 0) is 25.1 Å². The molecule has 0 spiro atoms. The zero-order valence-electron chi connectivity index (χ0n) is 11.1. The van der Waals surface area contributed by atoms with E-state index in [4.69, 9.17) is 10.00 Å². The molecular weight excluding hydrogens is 261 g/mol. The number of halogens is 1. The van der Waals surface area contributed by atoms with E-state index in [0.29, 0.717) is 13.1 Å². The molecule has 6 heteroatoms. The summed E-state index contributed by atoms with van der Waals surface area (Å²) in [6.45, 7) is 2.93. The zero-order chi connectivity index (χ0) is 14.4. The summed E-state index contributed by atoms with van der Waals surface area (Å²) in [5.41, 5.74) is -0.0396. The zero-order valence-corrected chi connectivity index (χ0v) is 11.1. The quantitative estimate of drug-likeness (QED) is 0.891. The standard InChI is InChI=1S/C14H16FN3O2/c15-13-8-12(3-2-11(13)9-16)20-10-14(19)18-6-1-4-17-5-7-18/h2-3,8,17H,1,4-7,10H2. The van der Waals surface area contributed by atoms with Gasteiger partial charge in [0.1, 0.15) is 17.6 Å². The van der Waals surface area contributed by atoms with Crippen molar-refractivity contribution in [2.75, 3.05) is 32.8 Å². The highest BCUT2D eigenvalue weighted by Gasteiger charge is 2.15. The monoisotopic (exact) mass is 277 g/mol. The Bertz CT molecular complexity index is 520. The van der Waals surface area contributed by atoms with Crippen LogP contribution in [0.2, 0.25) is 0 Å². The van der Waals surface area contributed by atoms with Crippen molar-refractivity contribution in [1.29, 1.82) is 5.26 Å². The molecule has 0 atom stereocenters. The van der Waals surface area contributed by atoms with Crippen molar-refractivity contribution in [2.45, 2.75) is 6.42 Å². The lowest BCUT2D eigenvalue weighted by Gasteiger charge is -2.20. The molecule has 1 amide bonds. The number of hydrogen-bond donors (Lipinski definition) is 1. The van der Waals surface area contributed by atoms with Gasteiger partial charge in [0, 0.05) is 25.7 Å². The van der Waals surface area contributed by atoms with E-state index in [9.17, 15) is 9.18 Å². The minimum absolute atomic E-state index is 0.0396. The molecule has 1 N–H and O–H groups in total. The number of carbonyl (C=O) groups is 1. The van der Waals surface area contributed by atoms with Crippen LogP contribution in [0, 0.1) is 17.1 Å². The van der Waals surface area contributed by atoms with Crippen LogP contribution in [-0.4, -0.2) is 43.6 Å². The molecule has 1 fully saturated rings. The Labute approximate surface area is 116 Å². The van der Waals surface area contributed by atoms with Gasteiger partial charge in [-0.15, -0.1) is 0 Å². The largest absolute Gasteiger partial charge is 0.484 e. The summed E-state index contributed by atoms with van der Waals surface area (Å²) < 4.78 is 18.7. The molecule has 20 heavy (non-hydrogen) atoms. The fourth-order valence-corrected chi connectivity index (χ4v) is 2.01. The summed E-state index contributed by atoms with van der Waals surface area (Å²) in [5.74, 6) is -0.502. The highest BCUT2D eigenvalue weighted by atomic mass is 19.1. The van der Waals surface area contributed by atoms with Crippen molar-refractivity contribution in [3.8, 4) is 11.8 Å². The van der Waals surface area contributed by atoms with Crippen molar-refractivity contribution in [2.24, 2.45) is 0 Å². The summed E-state index contributed by atoms with van der Waals surface area (Å²) in [4.78, 5) is 13.7. The van der Waals surface area contributed by atoms with Crippen LogP contribution in [0.4, 0.5) is 4.39 Å². The fourth-order valence-electron chi connectivity index (χ4n) is 2.01. The molecule has 0 radical (unpaired) electrons. The summed E-state index contributed by atoms with van der Waals surface area (Å²) in [5, 5.41) is 11.8. The van der Waals surface area contributed by atoms with Gasteiger partial charge in [-0.2, -0.15) is 5.26 Å². The molecule has 5 nitrogen and oxygen atoms in total. The van der Waals surface area contributed by atoms with Crippen LogP contribution in [0.25, 0.3) is 0 Å². The van der Waals surface area contributed by atoms with Crippen LogP contribution in [0.1, 0.15) is 12.0 Å². The topological polar surface area (TPSA) is 65.4 Å². The summed E-state index contributed by atoms with van der Waals surface area (Å²) >= 11 is 0. The summed E-state index contributed by atoms with van der Waals surface area (Å²) in [7, 11) is 0. The third-order valence-electron chi connectivity index (χ3n) is 3.12. The SMILES string of the molecule is N#Cc1ccc(OCC(=O)N2CCCNCC2)cc1F. The second-order valence-corrected chi connectivity index (χ2v) is 4.53. The maximum absolute atomic E-state index is 13.4. The summed E-state index contributed by atoms with van der Waals surface area (Å²) in [6, 6.07) is 5.68. The molecule has 0 aromatic heterocycles. The van der Waals surface area contributed by atoms with E-state index in [1.165, 1.54) is 12.1 Å². The third-order valence-corrected chi connectivity index (χ3v) is 3.12. The van der Waals surface area contributed by atoms with Gasteiger partial charge in [0.25, 0.3) is 5.91 Å². The smallest absolute Gasteiger partial charge is 0.260 e. The molecule has 2 rings (SSSR count). The molecule has 0 unspecified atom stereocenters. The number of carbonyl (C=O) groups excluding carboxylic acids is 1. The van der Waals surface area contributed by atoms with Crippen LogP contribution < -0.4 is 10.1 Å². The van der Waals surface area contributed by atoms with E-state index >= 15 is 0 Å². The van der Waals surface area contributed by atoms with Gasteiger partial charge >= 0.3 is 0 Å². The first-order chi connectivity index (χ1) is 9.70. The van der Waals surface area contributed by atoms with Gasteiger partial charge in [0.2, 0.25) is 0 Å². The van der Waals surface area contributed by atoms with Gasteiger partial charge in [0.15, 0.2) is 6.61 Å². The molecular formula is C14H16FN3O2. The number of amides is 1. The van der Waals surface area contributed by atoms with Crippen molar-refractivity contribution < 1.29 is 13.9 Å². The molecule has 1 heterocycles. The Morgan fingerprint density at radius 3 is 3.05 bits per heavy atom. The highest BCUT2D eigenvalue weighted by molar-refractivity contribution is 5.77. The van der Waals surface area contributed by atoms with E-state index in [-0.39, 0.29) is 23.8 Å². The average Bonchev–Trinajstić information content (AvgIpc) is 2.74. The van der Waals surface area contributed by atoms with Gasteiger partial charge in [0.05, 0.1) is 5.56 Å². The second kappa shape index (κ2) is 6.87. The van der Waals surface area contributed by atoms with Crippen LogP contribution in [-0.2, 0) is 4.79 Å². The summed E-state index contributed by atoms with van der Waals surface area (Å²) in [6.07, 6.45) is 0.914. The number of nitrogens with one attached hydrogen (secondary N) is 1. The van der Waals surface area contributed by atoms with Crippen LogP contribution in [0.3, 0.4) is 0 Å². The van der Waals surface area contributed by atoms with E-state index < -0.39 is 5.82 Å². The van der Waals surface area contributed by atoms with Crippen molar-refractivity contribution in [3.63, 3.8) is 0 Å². The fraction of sp³-hybridized carbons (Fsp3) is 0.429. The first kappa shape index (κ1) is 14.3. The molecule has 0 saturated carbocycles. The minimum atomic E-state index is -0.642. The number of rotatable bonds is 3. The number of nitrogens with zero attached hydrogens (tertiary/aromatic N) is 2. The second-order valence-electron chi connectivity index (χ2n) is 4.53. The molecule has 0 bridgehead atoms. The maximum Gasteiger partial charge on any atom is 0.260 e. The van der Waals surface area contributed by atoms with Gasteiger partial charge < -0.3 is 15.0 Å². The van der Waals surface area contributed by atoms with Gasteiger partial charge in [-0.1, -0.05) is 0 Å². The Morgan fingerprint density at radius 2 is 2.30 bits per heavy atom. The van der Waals surface area contributed by atoms with Crippen LogP contribution >= 0.6 is 0 Å². The average molecular weight is 277 g/mol. The van der Waals surface area contributed by atoms with Crippen LogP contribution in [0.15, 0.2) is 18.2 Å². The normalized spacial score (nSPS) is 15.3. The van der Waals surface area contributed by atoms with Crippen molar-refractivity contribution in [1.82, 2.24) is 10.2 Å². The Balaban J connectivity index is 1.89. The molecule has 106 valence electrons. The van der Waals surface area contributed by atoms with E-state index in [2.05, 4.69) is 5.32 Å². The highest BCUT2D eigenvalue weighted by Crippen LogP contribution is 2.16. The predicted octanol–water partition coefficient (Wildman–Crippen LogP) is 0.898. The number of nitriles is 1. The molecule has 1 aromatic rings. The maximum atomic E-state index is 13.4. The van der Waals surface area contributed by atoms with Crippen LogP contribution in [0.5, 0.6) is 5.75 Å². The van der Waals surface area contributed by atoms with Gasteiger partial charge in [-0.3, -0.25) is 4.79 Å². The van der Waals surface area contributed by atoms with Crippen molar-refractivity contribution in [3.05, 3.63) is 29.6 Å². The first-order valence-corrected chi connectivity index (χ1v) is 6.51. The minimum Gasteiger partial charge on any atom is -0.484 e. The molecule has 1 aromatic carbocycles. The molecule has 1 aliphatic heterocycles. The number of ether oxygens (including phenoxy) is 1. The Morgan fingerprint density at radius 1 is 1.45 bits per heavy atom. The van der Waals surface area contributed by atoms with E-state index in [0.717, 1.165) is 25.6 Å². The Hall–Kier alpha value is -2.13. The lowest BCUT2D eigenvalue weighted by atomic mass is 10.2. The predicted molar refractivity (Wildman–Crippen MR) is 70.7 cm³/mol. The molecule has 0 aliphatic carbocycles. The van der Waals surface area contributed by atoms with E-state index in [1.54, 1.807) is 11.0 Å². The van der Waals surface area contributed by atoms with Crippen molar-refractivity contribution >= 4 is 5.91 Å².